The number of nitrogen functional groups attached to an aromatic ring is 1. The van der Waals surface area contributed by atoms with Gasteiger partial charge in [0.05, 0.1) is 5.56 Å². The molecule has 0 aliphatic carbocycles. The maximum Gasteiger partial charge on any atom is 0.337 e. The molecule has 0 unspecified atom stereocenters. The number of nitrogens with two attached hydrogens (primary N) is 1. The lowest BCUT2D eigenvalue weighted by molar-refractivity contribution is 0.0507. The summed E-state index contributed by atoms with van der Waals surface area (Å²) in [4.78, 5) is 10.7. The summed E-state index contributed by atoms with van der Waals surface area (Å²) in [5.41, 5.74) is 5.69. The lowest BCUT2D eigenvalue weighted by Crippen LogP contribution is -2.04. The Labute approximate surface area is 81.0 Å². The first-order valence-electron chi connectivity index (χ1n) is 3.89. The number of hydrogen-bond donors (Lipinski definition) is 2. The summed E-state index contributed by atoms with van der Waals surface area (Å²) in [6, 6.07) is 4.42. The van der Waals surface area contributed by atoms with Crippen molar-refractivity contribution in [1.82, 2.24) is 0 Å². The van der Waals surface area contributed by atoms with E-state index < -0.39 is 5.97 Å². The summed E-state index contributed by atoms with van der Waals surface area (Å²) in [6.45, 7) is 0.0724. The molecule has 0 aliphatic heterocycles. The van der Waals surface area contributed by atoms with Gasteiger partial charge in [0.1, 0.15) is 5.75 Å². The topological polar surface area (TPSA) is 81.8 Å². The van der Waals surface area contributed by atoms with E-state index in [1.165, 1.54) is 19.2 Å². The zero-order chi connectivity index (χ0) is 10.6. The Morgan fingerprint density at radius 2 is 2.29 bits per heavy atom. The van der Waals surface area contributed by atoms with Crippen LogP contribution in [0.25, 0.3) is 0 Å². The first-order valence-corrected chi connectivity index (χ1v) is 3.89. The largest absolute Gasteiger partial charge is 0.478 e. The quantitative estimate of drug-likeness (QED) is 0.554. The summed E-state index contributed by atoms with van der Waals surface area (Å²) in [6.07, 6.45) is 0. The molecule has 0 fully saturated rings. The Balaban J connectivity index is 2.89. The van der Waals surface area contributed by atoms with Gasteiger partial charge in [-0.25, -0.2) is 4.79 Å². The van der Waals surface area contributed by atoms with Gasteiger partial charge in [-0.15, -0.1) is 0 Å². The van der Waals surface area contributed by atoms with Gasteiger partial charge in [-0.1, -0.05) is 0 Å². The van der Waals surface area contributed by atoms with E-state index in [0.29, 0.717) is 5.75 Å². The molecule has 76 valence electrons. The van der Waals surface area contributed by atoms with Gasteiger partial charge in [0.2, 0.25) is 0 Å². The summed E-state index contributed by atoms with van der Waals surface area (Å²) in [5, 5.41) is 8.75. The smallest absolute Gasteiger partial charge is 0.337 e. The first kappa shape index (κ1) is 10.3. The number of anilines is 1. The van der Waals surface area contributed by atoms with E-state index in [9.17, 15) is 4.79 Å². The summed E-state index contributed by atoms with van der Waals surface area (Å²) in [5.74, 6) is -0.663. The van der Waals surface area contributed by atoms with Crippen LogP contribution in [0.2, 0.25) is 0 Å². The lowest BCUT2D eigenvalue weighted by atomic mass is 10.2. The van der Waals surface area contributed by atoms with Gasteiger partial charge < -0.3 is 20.3 Å². The third-order valence-electron chi connectivity index (χ3n) is 1.60. The Hall–Kier alpha value is -1.75. The van der Waals surface area contributed by atoms with Crippen molar-refractivity contribution in [2.45, 2.75) is 0 Å². The maximum absolute atomic E-state index is 10.7. The van der Waals surface area contributed by atoms with E-state index in [2.05, 4.69) is 4.74 Å². The van der Waals surface area contributed by atoms with Crippen molar-refractivity contribution in [3.8, 4) is 5.75 Å². The van der Waals surface area contributed by atoms with Crippen LogP contribution in [0.5, 0.6) is 5.75 Å². The van der Waals surface area contributed by atoms with Crippen molar-refractivity contribution in [3.63, 3.8) is 0 Å². The van der Waals surface area contributed by atoms with Crippen LogP contribution in [-0.2, 0) is 4.74 Å². The first-order chi connectivity index (χ1) is 6.65. The molecule has 5 nitrogen and oxygen atoms in total. The fourth-order valence-electron chi connectivity index (χ4n) is 0.937. The predicted octanol–water partition coefficient (Wildman–Crippen LogP) is 0.950. The average Bonchev–Trinajstić information content (AvgIpc) is 2.16. The third kappa shape index (κ3) is 2.37. The number of benzene rings is 1. The number of methoxy groups -OCH3 is 1. The Morgan fingerprint density at radius 1 is 1.57 bits per heavy atom. The molecule has 0 atom stereocenters. The van der Waals surface area contributed by atoms with Crippen molar-refractivity contribution in [2.24, 2.45) is 0 Å². The predicted molar refractivity (Wildman–Crippen MR) is 50.3 cm³/mol. The fourth-order valence-corrected chi connectivity index (χ4v) is 0.937. The Morgan fingerprint density at radius 3 is 2.86 bits per heavy atom. The van der Waals surface area contributed by atoms with Gasteiger partial charge in [0, 0.05) is 12.8 Å². The van der Waals surface area contributed by atoms with Crippen LogP contribution in [0, 0.1) is 0 Å². The highest BCUT2D eigenvalue weighted by molar-refractivity contribution is 5.94. The number of rotatable bonds is 4. The van der Waals surface area contributed by atoms with Crippen LogP contribution in [0.4, 0.5) is 5.69 Å². The highest BCUT2D eigenvalue weighted by atomic mass is 16.7. The highest BCUT2D eigenvalue weighted by Gasteiger charge is 2.08. The monoisotopic (exact) mass is 197 g/mol. The molecule has 0 amide bonds. The van der Waals surface area contributed by atoms with E-state index in [-0.39, 0.29) is 18.0 Å². The minimum Gasteiger partial charge on any atom is -0.478 e. The summed E-state index contributed by atoms with van der Waals surface area (Å²) in [7, 11) is 1.48. The number of ether oxygens (including phenoxy) is 2. The number of carboxylic acid groups (broad SMARTS) is 1. The molecule has 1 aromatic rings. The van der Waals surface area contributed by atoms with Gasteiger partial charge in [-0.05, 0) is 18.2 Å². The van der Waals surface area contributed by atoms with Crippen molar-refractivity contribution in [3.05, 3.63) is 23.8 Å². The van der Waals surface area contributed by atoms with E-state index >= 15 is 0 Å². The normalized spacial score (nSPS) is 9.79. The fraction of sp³-hybridized carbons (Fsp3) is 0.222. The molecule has 1 aromatic carbocycles. The lowest BCUT2D eigenvalue weighted by Gasteiger charge is -2.06. The molecule has 0 radical (unpaired) electrons. The molecule has 0 saturated carbocycles. The molecule has 14 heavy (non-hydrogen) atoms. The van der Waals surface area contributed by atoms with E-state index in [4.69, 9.17) is 15.6 Å². The van der Waals surface area contributed by atoms with Crippen LogP contribution >= 0.6 is 0 Å². The molecule has 1 rings (SSSR count). The second-order valence-electron chi connectivity index (χ2n) is 2.61. The zero-order valence-corrected chi connectivity index (χ0v) is 7.69. The van der Waals surface area contributed by atoms with Crippen LogP contribution < -0.4 is 10.5 Å². The summed E-state index contributed by atoms with van der Waals surface area (Å²) < 4.78 is 9.74. The van der Waals surface area contributed by atoms with Gasteiger partial charge in [0.25, 0.3) is 0 Å². The molecular weight excluding hydrogens is 186 g/mol. The van der Waals surface area contributed by atoms with Gasteiger partial charge in [-0.3, -0.25) is 0 Å². The molecule has 0 heterocycles. The molecule has 0 aliphatic rings. The standard InChI is InChI=1S/C9H11NO4/c1-13-5-14-6-2-3-8(10)7(4-6)9(11)12/h2-4H,5,10H2,1H3,(H,11,12). The van der Waals surface area contributed by atoms with E-state index in [1.54, 1.807) is 6.07 Å². The second kappa shape index (κ2) is 4.48. The SMILES string of the molecule is COCOc1ccc(N)c(C(=O)O)c1. The molecule has 0 saturated heterocycles. The molecule has 0 spiro atoms. The molecule has 0 bridgehead atoms. The minimum atomic E-state index is -1.08. The number of carboxylic acids is 1. The molecule has 5 heteroatoms. The zero-order valence-electron chi connectivity index (χ0n) is 7.69. The average molecular weight is 197 g/mol. The Kier molecular flexibility index (Phi) is 3.30. The van der Waals surface area contributed by atoms with Gasteiger partial charge >= 0.3 is 5.97 Å². The van der Waals surface area contributed by atoms with Gasteiger partial charge in [-0.2, -0.15) is 0 Å². The van der Waals surface area contributed by atoms with Gasteiger partial charge in [0.15, 0.2) is 6.79 Å². The van der Waals surface area contributed by atoms with Crippen LogP contribution in [0.15, 0.2) is 18.2 Å². The molecule has 3 N–H and O–H groups in total. The van der Waals surface area contributed by atoms with Crippen molar-refractivity contribution >= 4 is 11.7 Å². The third-order valence-corrected chi connectivity index (χ3v) is 1.60. The van der Waals surface area contributed by atoms with Crippen molar-refractivity contribution in [1.29, 1.82) is 0 Å². The summed E-state index contributed by atoms with van der Waals surface area (Å²) >= 11 is 0. The number of carbonyl (C=O) groups is 1. The molecular formula is C9H11NO4. The van der Waals surface area contributed by atoms with Crippen LogP contribution in [-0.4, -0.2) is 25.0 Å². The second-order valence-corrected chi connectivity index (χ2v) is 2.61. The van der Waals surface area contributed by atoms with Crippen molar-refractivity contribution < 1.29 is 19.4 Å². The molecule has 0 aromatic heterocycles. The highest BCUT2D eigenvalue weighted by Crippen LogP contribution is 2.19. The number of hydrogen-bond acceptors (Lipinski definition) is 4. The van der Waals surface area contributed by atoms with E-state index in [0.717, 1.165) is 0 Å². The van der Waals surface area contributed by atoms with Crippen LogP contribution in [0.1, 0.15) is 10.4 Å². The maximum atomic E-state index is 10.7. The number of aromatic carboxylic acids is 1. The van der Waals surface area contributed by atoms with Crippen LogP contribution in [0.3, 0.4) is 0 Å². The minimum absolute atomic E-state index is 0.0265. The van der Waals surface area contributed by atoms with E-state index in [1.807, 2.05) is 0 Å². The Bertz CT molecular complexity index is 338. The van der Waals surface area contributed by atoms with Crippen molar-refractivity contribution in [2.75, 3.05) is 19.6 Å².